The maximum atomic E-state index is 12.7. The number of carbonyl (C=O) groups is 3. The minimum Gasteiger partial charge on any atom is -0.494 e. The highest BCUT2D eigenvalue weighted by atomic mass is 32.1. The highest BCUT2D eigenvalue weighted by molar-refractivity contribution is 7.80. The third-order valence-electron chi connectivity index (χ3n) is 5.75. The zero-order valence-corrected chi connectivity index (χ0v) is 21.5. The standard InChI is InChI=1S/C27H33N3O5S/c1-19(2)12-16-34-22-10-8-21(9-11-22)25(32)29-27(36)30-15-14-28-26(33)23(30)18-24(31)35-17-13-20-6-4-3-5-7-20/h3-11,19,23H,12-18H2,1-2H3,(H,28,33)(H,29,32,36). The lowest BCUT2D eigenvalue weighted by Gasteiger charge is -2.36. The molecule has 2 aromatic carbocycles. The molecule has 0 bridgehead atoms. The van der Waals surface area contributed by atoms with Gasteiger partial charge in [0.25, 0.3) is 5.91 Å². The summed E-state index contributed by atoms with van der Waals surface area (Å²) in [7, 11) is 0. The predicted octanol–water partition coefficient (Wildman–Crippen LogP) is 3.10. The lowest BCUT2D eigenvalue weighted by molar-refractivity contribution is -0.147. The molecule has 8 nitrogen and oxygen atoms in total. The lowest BCUT2D eigenvalue weighted by Crippen LogP contribution is -2.60. The molecule has 3 rings (SSSR count). The van der Waals surface area contributed by atoms with Crippen molar-refractivity contribution in [3.8, 4) is 5.75 Å². The average molecular weight is 512 g/mol. The molecule has 0 aliphatic carbocycles. The topological polar surface area (TPSA) is 97.0 Å². The molecule has 2 amide bonds. The van der Waals surface area contributed by atoms with Gasteiger partial charge in [-0.15, -0.1) is 0 Å². The van der Waals surface area contributed by atoms with Crippen LogP contribution >= 0.6 is 12.2 Å². The van der Waals surface area contributed by atoms with Gasteiger partial charge >= 0.3 is 5.97 Å². The second-order valence-corrected chi connectivity index (χ2v) is 9.36. The molecule has 2 N–H and O–H groups in total. The molecule has 1 saturated heterocycles. The summed E-state index contributed by atoms with van der Waals surface area (Å²) in [5, 5.41) is 5.51. The molecule has 1 aliphatic rings. The average Bonchev–Trinajstić information content (AvgIpc) is 2.86. The van der Waals surface area contributed by atoms with E-state index in [4.69, 9.17) is 21.7 Å². The van der Waals surface area contributed by atoms with Crippen LogP contribution in [0.2, 0.25) is 0 Å². The van der Waals surface area contributed by atoms with Crippen LogP contribution in [0.5, 0.6) is 5.75 Å². The van der Waals surface area contributed by atoms with E-state index in [2.05, 4.69) is 24.5 Å². The molecule has 1 fully saturated rings. The Morgan fingerprint density at radius 1 is 1.11 bits per heavy atom. The zero-order valence-electron chi connectivity index (χ0n) is 20.7. The van der Waals surface area contributed by atoms with Gasteiger partial charge in [0.05, 0.1) is 19.6 Å². The smallest absolute Gasteiger partial charge is 0.308 e. The first kappa shape index (κ1) is 27.1. The number of nitrogens with one attached hydrogen (secondary N) is 2. The van der Waals surface area contributed by atoms with Crippen LogP contribution in [0.4, 0.5) is 0 Å². The Hall–Kier alpha value is -3.46. The van der Waals surface area contributed by atoms with Gasteiger partial charge in [-0.05, 0) is 54.4 Å². The molecule has 2 aromatic rings. The normalized spacial score (nSPS) is 15.2. The summed E-state index contributed by atoms with van der Waals surface area (Å²) >= 11 is 5.43. The van der Waals surface area contributed by atoms with E-state index in [1.165, 1.54) is 0 Å². The summed E-state index contributed by atoms with van der Waals surface area (Å²) in [5.41, 5.74) is 1.47. The molecular formula is C27H33N3O5S. The van der Waals surface area contributed by atoms with Crippen LogP contribution in [0.15, 0.2) is 54.6 Å². The van der Waals surface area contributed by atoms with E-state index in [0.717, 1.165) is 12.0 Å². The van der Waals surface area contributed by atoms with Crippen molar-refractivity contribution in [2.75, 3.05) is 26.3 Å². The highest BCUT2D eigenvalue weighted by Gasteiger charge is 2.34. The first-order valence-corrected chi connectivity index (χ1v) is 12.6. The SMILES string of the molecule is CC(C)CCOc1ccc(C(=O)NC(=S)N2CCNC(=O)C2CC(=O)OCCc2ccccc2)cc1. The molecule has 9 heteroatoms. The second kappa shape index (κ2) is 13.6. The molecule has 0 spiro atoms. The van der Waals surface area contributed by atoms with Gasteiger partial charge in [0.1, 0.15) is 11.8 Å². The third-order valence-corrected chi connectivity index (χ3v) is 6.09. The Morgan fingerprint density at radius 2 is 1.83 bits per heavy atom. The van der Waals surface area contributed by atoms with Crippen molar-refractivity contribution in [1.29, 1.82) is 0 Å². The Morgan fingerprint density at radius 3 is 2.53 bits per heavy atom. The maximum Gasteiger partial charge on any atom is 0.308 e. The van der Waals surface area contributed by atoms with Gasteiger partial charge in [-0.2, -0.15) is 0 Å². The fourth-order valence-electron chi connectivity index (χ4n) is 3.66. The quantitative estimate of drug-likeness (QED) is 0.374. The predicted molar refractivity (Wildman–Crippen MR) is 141 cm³/mol. The number of carbonyl (C=O) groups excluding carboxylic acids is 3. The number of benzene rings is 2. The van der Waals surface area contributed by atoms with E-state index in [1.807, 2.05) is 30.3 Å². The van der Waals surface area contributed by atoms with Gasteiger partial charge in [-0.1, -0.05) is 44.2 Å². The van der Waals surface area contributed by atoms with E-state index in [9.17, 15) is 14.4 Å². The Balaban J connectivity index is 1.52. The summed E-state index contributed by atoms with van der Waals surface area (Å²) < 4.78 is 11.0. The van der Waals surface area contributed by atoms with E-state index >= 15 is 0 Å². The van der Waals surface area contributed by atoms with Crippen molar-refractivity contribution in [2.24, 2.45) is 5.92 Å². The largest absolute Gasteiger partial charge is 0.494 e. The Bertz CT molecular complexity index is 1040. The minimum atomic E-state index is -0.854. The van der Waals surface area contributed by atoms with E-state index in [0.29, 0.717) is 43.3 Å². The van der Waals surface area contributed by atoms with Gasteiger partial charge in [-0.25, -0.2) is 0 Å². The van der Waals surface area contributed by atoms with Crippen molar-refractivity contribution >= 4 is 35.1 Å². The summed E-state index contributed by atoms with van der Waals surface area (Å²) in [6.45, 7) is 5.82. The second-order valence-electron chi connectivity index (χ2n) is 8.98. The van der Waals surface area contributed by atoms with Crippen LogP contribution < -0.4 is 15.4 Å². The van der Waals surface area contributed by atoms with Crippen LogP contribution in [0.3, 0.4) is 0 Å². The van der Waals surface area contributed by atoms with E-state index in [1.54, 1.807) is 29.2 Å². The van der Waals surface area contributed by atoms with Gasteiger partial charge < -0.3 is 19.7 Å². The van der Waals surface area contributed by atoms with Crippen molar-refractivity contribution in [3.05, 3.63) is 65.7 Å². The number of amides is 2. The summed E-state index contributed by atoms with van der Waals surface area (Å²) in [4.78, 5) is 39.3. The molecule has 1 atom stereocenters. The molecule has 0 aromatic heterocycles. The fourth-order valence-corrected chi connectivity index (χ4v) is 3.97. The van der Waals surface area contributed by atoms with Crippen molar-refractivity contribution in [3.63, 3.8) is 0 Å². The zero-order chi connectivity index (χ0) is 25.9. The van der Waals surface area contributed by atoms with Gasteiger partial charge in [0.15, 0.2) is 5.11 Å². The van der Waals surface area contributed by atoms with Gasteiger partial charge in [-0.3, -0.25) is 19.7 Å². The van der Waals surface area contributed by atoms with Crippen LogP contribution in [0, 0.1) is 5.92 Å². The molecule has 192 valence electrons. The van der Waals surface area contributed by atoms with Crippen LogP contribution in [-0.2, 0) is 20.7 Å². The molecule has 1 heterocycles. The fraction of sp³-hybridized carbons (Fsp3) is 0.407. The minimum absolute atomic E-state index is 0.0918. The molecule has 0 saturated carbocycles. The number of esters is 1. The number of piperazine rings is 1. The number of nitrogens with zero attached hydrogens (tertiary/aromatic N) is 1. The Labute approximate surface area is 217 Å². The first-order valence-electron chi connectivity index (χ1n) is 12.2. The maximum absolute atomic E-state index is 12.7. The van der Waals surface area contributed by atoms with Crippen molar-refractivity contribution in [2.45, 2.75) is 39.2 Å². The number of thiocarbonyl (C=S) groups is 1. The lowest BCUT2D eigenvalue weighted by atomic mass is 10.1. The monoisotopic (exact) mass is 511 g/mol. The van der Waals surface area contributed by atoms with Crippen LogP contribution in [-0.4, -0.2) is 60.1 Å². The van der Waals surface area contributed by atoms with Gasteiger partial charge in [0.2, 0.25) is 5.91 Å². The number of hydrogen-bond donors (Lipinski definition) is 2. The summed E-state index contributed by atoms with van der Waals surface area (Å²) in [5.74, 6) is 0.00560. The van der Waals surface area contributed by atoms with E-state index in [-0.39, 0.29) is 24.0 Å². The molecule has 1 unspecified atom stereocenters. The van der Waals surface area contributed by atoms with Crippen molar-refractivity contribution < 1.29 is 23.9 Å². The van der Waals surface area contributed by atoms with Crippen LogP contribution in [0.25, 0.3) is 0 Å². The van der Waals surface area contributed by atoms with Crippen LogP contribution in [0.1, 0.15) is 42.6 Å². The molecular weight excluding hydrogens is 478 g/mol. The first-order chi connectivity index (χ1) is 17.3. The Kier molecular flexibility index (Phi) is 10.2. The number of rotatable bonds is 10. The number of hydrogen-bond acceptors (Lipinski definition) is 6. The highest BCUT2D eigenvalue weighted by Crippen LogP contribution is 2.15. The number of ether oxygens (including phenoxy) is 2. The summed E-state index contributed by atoms with van der Waals surface area (Å²) in [6, 6.07) is 15.6. The van der Waals surface area contributed by atoms with Gasteiger partial charge in [0, 0.05) is 25.1 Å². The summed E-state index contributed by atoms with van der Waals surface area (Å²) in [6.07, 6.45) is 1.36. The molecule has 0 radical (unpaired) electrons. The van der Waals surface area contributed by atoms with Crippen molar-refractivity contribution in [1.82, 2.24) is 15.5 Å². The third kappa shape index (κ3) is 8.34. The van der Waals surface area contributed by atoms with E-state index < -0.39 is 17.9 Å². The molecule has 36 heavy (non-hydrogen) atoms. The molecule has 1 aliphatic heterocycles.